The number of carbonyl (C=O) groups is 1. The van der Waals surface area contributed by atoms with E-state index < -0.39 is 0 Å². The van der Waals surface area contributed by atoms with Gasteiger partial charge in [-0.05, 0) is 25.5 Å². The van der Waals surface area contributed by atoms with Gasteiger partial charge in [0.05, 0.1) is 19.2 Å². The maximum absolute atomic E-state index is 11.5. The monoisotopic (exact) mass is 263 g/mol. The van der Waals surface area contributed by atoms with Crippen LogP contribution in [0.5, 0.6) is 5.75 Å². The number of hydrogen-bond donors (Lipinski definition) is 2. The van der Waals surface area contributed by atoms with Gasteiger partial charge in [-0.3, -0.25) is 9.69 Å². The molecule has 1 amide bonds. The summed E-state index contributed by atoms with van der Waals surface area (Å²) < 4.78 is 5.39. The van der Waals surface area contributed by atoms with Gasteiger partial charge in [0.25, 0.3) is 0 Å². The molecule has 2 atom stereocenters. The number of primary amides is 1. The molecule has 1 aromatic carbocycles. The van der Waals surface area contributed by atoms with E-state index >= 15 is 0 Å². The predicted octanol–water partition coefficient (Wildman–Crippen LogP) is 0.645. The Morgan fingerprint density at radius 1 is 1.53 bits per heavy atom. The molecule has 5 nitrogen and oxygen atoms in total. The number of rotatable bonds is 5. The van der Waals surface area contributed by atoms with Crippen LogP contribution in [0, 0.1) is 0 Å². The Balaban J connectivity index is 2.31. The SMILES string of the molecule is COc1ccccc1C(CN)N1CCCC1C(N)=O. The topological polar surface area (TPSA) is 81.6 Å². The van der Waals surface area contributed by atoms with Gasteiger partial charge in [0.2, 0.25) is 5.91 Å². The fourth-order valence-electron chi connectivity index (χ4n) is 2.85. The summed E-state index contributed by atoms with van der Waals surface area (Å²) in [6.07, 6.45) is 1.78. The van der Waals surface area contributed by atoms with Crippen molar-refractivity contribution in [1.29, 1.82) is 0 Å². The van der Waals surface area contributed by atoms with Gasteiger partial charge in [0.15, 0.2) is 0 Å². The molecule has 0 spiro atoms. The van der Waals surface area contributed by atoms with Crippen LogP contribution < -0.4 is 16.2 Å². The molecule has 0 aromatic heterocycles. The smallest absolute Gasteiger partial charge is 0.234 e. The Kier molecular flexibility index (Phi) is 4.39. The maximum atomic E-state index is 11.5. The molecule has 1 aliphatic heterocycles. The fourth-order valence-corrected chi connectivity index (χ4v) is 2.85. The highest BCUT2D eigenvalue weighted by atomic mass is 16.5. The molecule has 0 bridgehead atoms. The van der Waals surface area contributed by atoms with Crippen molar-refractivity contribution in [3.8, 4) is 5.75 Å². The first kappa shape index (κ1) is 13.8. The Hall–Kier alpha value is -1.59. The van der Waals surface area contributed by atoms with Crippen LogP contribution in [0.1, 0.15) is 24.4 Å². The number of methoxy groups -OCH3 is 1. The van der Waals surface area contributed by atoms with Gasteiger partial charge in [-0.2, -0.15) is 0 Å². The van der Waals surface area contributed by atoms with E-state index in [-0.39, 0.29) is 18.0 Å². The molecule has 0 saturated carbocycles. The predicted molar refractivity (Wildman–Crippen MR) is 73.7 cm³/mol. The quantitative estimate of drug-likeness (QED) is 0.817. The van der Waals surface area contributed by atoms with Crippen LogP contribution in [0.3, 0.4) is 0 Å². The minimum Gasteiger partial charge on any atom is -0.496 e. The van der Waals surface area contributed by atoms with Gasteiger partial charge in [-0.1, -0.05) is 18.2 Å². The second-order valence-corrected chi connectivity index (χ2v) is 4.79. The molecule has 4 N–H and O–H groups in total. The van der Waals surface area contributed by atoms with Crippen molar-refractivity contribution in [2.24, 2.45) is 11.5 Å². The molecule has 1 heterocycles. The largest absolute Gasteiger partial charge is 0.496 e. The first-order chi connectivity index (χ1) is 9.19. The minimum atomic E-state index is -0.272. The number of ether oxygens (including phenoxy) is 1. The molecular formula is C14H21N3O2. The average molecular weight is 263 g/mol. The number of hydrogen-bond acceptors (Lipinski definition) is 4. The van der Waals surface area contributed by atoms with Crippen molar-refractivity contribution in [2.75, 3.05) is 20.2 Å². The number of amides is 1. The highest BCUT2D eigenvalue weighted by molar-refractivity contribution is 5.80. The molecule has 104 valence electrons. The van der Waals surface area contributed by atoms with E-state index in [0.29, 0.717) is 6.54 Å². The number of likely N-dealkylation sites (tertiary alicyclic amines) is 1. The summed E-state index contributed by atoms with van der Waals surface area (Å²) in [4.78, 5) is 13.6. The van der Waals surface area contributed by atoms with Gasteiger partial charge in [0.1, 0.15) is 5.75 Å². The first-order valence-electron chi connectivity index (χ1n) is 6.57. The summed E-state index contributed by atoms with van der Waals surface area (Å²) >= 11 is 0. The maximum Gasteiger partial charge on any atom is 0.234 e. The van der Waals surface area contributed by atoms with E-state index in [4.69, 9.17) is 16.2 Å². The van der Waals surface area contributed by atoms with Crippen molar-refractivity contribution >= 4 is 5.91 Å². The highest BCUT2D eigenvalue weighted by Gasteiger charge is 2.35. The van der Waals surface area contributed by atoms with Crippen molar-refractivity contribution < 1.29 is 9.53 Å². The van der Waals surface area contributed by atoms with Crippen LogP contribution in [0.4, 0.5) is 0 Å². The zero-order chi connectivity index (χ0) is 13.8. The molecule has 19 heavy (non-hydrogen) atoms. The van der Waals surface area contributed by atoms with Crippen LogP contribution in [0.15, 0.2) is 24.3 Å². The van der Waals surface area contributed by atoms with E-state index in [9.17, 15) is 4.79 Å². The van der Waals surface area contributed by atoms with Crippen LogP contribution in [-0.4, -0.2) is 37.0 Å². The Labute approximate surface area is 113 Å². The lowest BCUT2D eigenvalue weighted by atomic mass is 10.0. The number of para-hydroxylation sites is 1. The van der Waals surface area contributed by atoms with Crippen molar-refractivity contribution in [2.45, 2.75) is 24.9 Å². The molecular weight excluding hydrogens is 242 g/mol. The van der Waals surface area contributed by atoms with E-state index in [0.717, 1.165) is 30.7 Å². The lowest BCUT2D eigenvalue weighted by molar-refractivity contribution is -0.123. The van der Waals surface area contributed by atoms with Gasteiger partial charge < -0.3 is 16.2 Å². The van der Waals surface area contributed by atoms with Crippen LogP contribution in [0.25, 0.3) is 0 Å². The van der Waals surface area contributed by atoms with Crippen molar-refractivity contribution in [3.63, 3.8) is 0 Å². The van der Waals surface area contributed by atoms with Crippen LogP contribution in [0.2, 0.25) is 0 Å². The third-order valence-electron chi connectivity index (χ3n) is 3.74. The molecule has 0 radical (unpaired) electrons. The molecule has 5 heteroatoms. The van der Waals surface area contributed by atoms with Gasteiger partial charge >= 0.3 is 0 Å². The zero-order valence-electron chi connectivity index (χ0n) is 11.2. The number of carbonyl (C=O) groups excluding carboxylic acids is 1. The summed E-state index contributed by atoms with van der Waals surface area (Å²) in [6, 6.07) is 7.52. The van der Waals surface area contributed by atoms with E-state index in [1.807, 2.05) is 24.3 Å². The third kappa shape index (κ3) is 2.72. The lowest BCUT2D eigenvalue weighted by Gasteiger charge is -2.31. The minimum absolute atomic E-state index is 0.0313. The van der Waals surface area contributed by atoms with Gasteiger partial charge in [0, 0.05) is 12.1 Å². The molecule has 0 aliphatic carbocycles. The molecule has 2 rings (SSSR count). The van der Waals surface area contributed by atoms with E-state index in [1.165, 1.54) is 0 Å². The molecule has 1 aromatic rings. The lowest BCUT2D eigenvalue weighted by Crippen LogP contribution is -2.44. The van der Waals surface area contributed by atoms with Gasteiger partial charge in [-0.15, -0.1) is 0 Å². The zero-order valence-corrected chi connectivity index (χ0v) is 11.2. The summed E-state index contributed by atoms with van der Waals surface area (Å²) in [5.74, 6) is 0.527. The van der Waals surface area contributed by atoms with Crippen LogP contribution >= 0.6 is 0 Å². The fraction of sp³-hybridized carbons (Fsp3) is 0.500. The number of benzene rings is 1. The third-order valence-corrected chi connectivity index (χ3v) is 3.74. The van der Waals surface area contributed by atoms with Gasteiger partial charge in [-0.25, -0.2) is 0 Å². The Morgan fingerprint density at radius 2 is 2.26 bits per heavy atom. The summed E-state index contributed by atoms with van der Waals surface area (Å²) in [5, 5.41) is 0. The van der Waals surface area contributed by atoms with Crippen LogP contribution in [-0.2, 0) is 4.79 Å². The average Bonchev–Trinajstić information content (AvgIpc) is 2.89. The Bertz CT molecular complexity index is 450. The summed E-state index contributed by atoms with van der Waals surface area (Å²) in [7, 11) is 1.64. The molecule has 1 aliphatic rings. The van der Waals surface area contributed by atoms with E-state index in [2.05, 4.69) is 4.90 Å². The molecule has 2 unspecified atom stereocenters. The molecule has 1 fully saturated rings. The number of nitrogens with zero attached hydrogens (tertiary/aromatic N) is 1. The molecule has 1 saturated heterocycles. The van der Waals surface area contributed by atoms with Crippen molar-refractivity contribution in [1.82, 2.24) is 4.90 Å². The van der Waals surface area contributed by atoms with Crippen molar-refractivity contribution in [3.05, 3.63) is 29.8 Å². The second-order valence-electron chi connectivity index (χ2n) is 4.79. The van der Waals surface area contributed by atoms with E-state index in [1.54, 1.807) is 7.11 Å². The standard InChI is InChI=1S/C14H21N3O2/c1-19-13-7-3-2-5-10(13)12(9-15)17-8-4-6-11(17)14(16)18/h2-3,5,7,11-12H,4,6,8-9,15H2,1H3,(H2,16,18). The Morgan fingerprint density at radius 3 is 2.89 bits per heavy atom. The first-order valence-corrected chi connectivity index (χ1v) is 6.57. The summed E-state index contributed by atoms with van der Waals surface area (Å²) in [6.45, 7) is 1.28. The summed E-state index contributed by atoms with van der Waals surface area (Å²) in [5.41, 5.74) is 12.4. The number of nitrogens with two attached hydrogens (primary N) is 2. The highest BCUT2D eigenvalue weighted by Crippen LogP contribution is 2.33. The normalized spacial score (nSPS) is 21.3. The second kappa shape index (κ2) is 6.04.